The third-order valence-electron chi connectivity index (χ3n) is 6.15. The summed E-state index contributed by atoms with van der Waals surface area (Å²) in [6.07, 6.45) is 4.68. The second kappa shape index (κ2) is 11.4. The minimum atomic E-state index is -0.359. The number of halogens is 1. The Hall–Kier alpha value is -3.89. The van der Waals surface area contributed by atoms with E-state index >= 15 is 0 Å². The smallest absolute Gasteiger partial charge is 0.196 e. The number of hydrogen-bond acceptors (Lipinski definition) is 8. The van der Waals surface area contributed by atoms with Gasteiger partial charge in [-0.2, -0.15) is 0 Å². The Morgan fingerprint density at radius 3 is 2.70 bits per heavy atom. The van der Waals surface area contributed by atoms with Crippen LogP contribution in [0.3, 0.4) is 0 Å². The highest BCUT2D eigenvalue weighted by molar-refractivity contribution is 5.83. The number of rotatable bonds is 12. The summed E-state index contributed by atoms with van der Waals surface area (Å²) in [7, 11) is 4.17. The number of likely N-dealkylation sites (N-methyl/N-ethyl adjacent to an activating group) is 1. The zero-order chi connectivity index (χ0) is 25.6. The van der Waals surface area contributed by atoms with Crippen molar-refractivity contribution < 1.29 is 8.81 Å². The third kappa shape index (κ3) is 5.92. The zero-order valence-corrected chi connectivity index (χ0v) is 21.1. The zero-order valence-electron chi connectivity index (χ0n) is 21.1. The van der Waals surface area contributed by atoms with E-state index in [1.54, 1.807) is 24.5 Å². The van der Waals surface area contributed by atoms with E-state index in [1.807, 2.05) is 6.07 Å². The molecule has 0 aliphatic carbocycles. The molecule has 0 fully saturated rings. The standard InChI is InChI=1S/C27H31FN8O/c1-35(2)16-17-36-22-8-4-3-7-20(22)33-24(36)10-13-29-14-11-25-34-26-23(37-25)9-15-31-27(26)32-18-21-19(28)6-5-12-30-21/h3-9,12,15,29H,10-11,13-14,16-18H2,1-2H3,(H,31,32). The molecule has 1 aromatic carbocycles. The molecule has 4 heterocycles. The molecule has 0 atom stereocenters. The number of imidazole rings is 1. The van der Waals surface area contributed by atoms with Crippen LogP contribution >= 0.6 is 0 Å². The van der Waals surface area contributed by atoms with Crippen LogP contribution in [0.4, 0.5) is 10.2 Å². The quantitative estimate of drug-likeness (QED) is 0.250. The summed E-state index contributed by atoms with van der Waals surface area (Å²) in [5.74, 6) is 1.90. The minimum absolute atomic E-state index is 0.210. The van der Waals surface area contributed by atoms with Crippen LogP contribution in [-0.2, 0) is 25.9 Å². The van der Waals surface area contributed by atoms with Crippen LogP contribution in [0.15, 0.2) is 59.3 Å². The van der Waals surface area contributed by atoms with Crippen LogP contribution in [0.1, 0.15) is 17.4 Å². The summed E-state index contributed by atoms with van der Waals surface area (Å²) >= 11 is 0. The first-order valence-electron chi connectivity index (χ1n) is 12.5. The molecule has 0 saturated carbocycles. The number of pyridine rings is 2. The van der Waals surface area contributed by atoms with Gasteiger partial charge >= 0.3 is 0 Å². The van der Waals surface area contributed by atoms with E-state index < -0.39 is 0 Å². The lowest BCUT2D eigenvalue weighted by Gasteiger charge is -2.13. The largest absolute Gasteiger partial charge is 0.440 e. The second-order valence-corrected chi connectivity index (χ2v) is 9.12. The molecule has 5 aromatic rings. The molecular weight excluding hydrogens is 471 g/mol. The molecule has 10 heteroatoms. The monoisotopic (exact) mass is 502 g/mol. The van der Waals surface area contributed by atoms with Crippen molar-refractivity contribution in [1.29, 1.82) is 0 Å². The van der Waals surface area contributed by atoms with E-state index in [9.17, 15) is 4.39 Å². The lowest BCUT2D eigenvalue weighted by atomic mass is 10.3. The Labute approximate surface area is 214 Å². The lowest BCUT2D eigenvalue weighted by molar-refractivity contribution is 0.383. The normalized spacial score (nSPS) is 11.7. The molecule has 0 amide bonds. The van der Waals surface area contributed by atoms with Crippen molar-refractivity contribution >= 4 is 28.0 Å². The van der Waals surface area contributed by atoms with Gasteiger partial charge in [-0.1, -0.05) is 12.1 Å². The number of benzene rings is 1. The fraction of sp³-hybridized carbons (Fsp3) is 0.333. The third-order valence-corrected chi connectivity index (χ3v) is 6.15. The highest BCUT2D eigenvalue weighted by atomic mass is 19.1. The topological polar surface area (TPSA) is 96.9 Å². The van der Waals surface area contributed by atoms with Gasteiger partial charge in [0.2, 0.25) is 0 Å². The molecule has 0 unspecified atom stereocenters. The van der Waals surface area contributed by atoms with Crippen LogP contribution in [0.25, 0.3) is 22.1 Å². The van der Waals surface area contributed by atoms with Crippen LogP contribution in [0, 0.1) is 5.82 Å². The minimum Gasteiger partial charge on any atom is -0.440 e. The summed E-state index contributed by atoms with van der Waals surface area (Å²) in [4.78, 5) is 20.1. The molecule has 0 saturated heterocycles. The van der Waals surface area contributed by atoms with Gasteiger partial charge in [0, 0.05) is 57.5 Å². The summed E-state index contributed by atoms with van der Waals surface area (Å²) in [5.41, 5.74) is 3.80. The van der Waals surface area contributed by atoms with E-state index in [1.165, 1.54) is 11.6 Å². The van der Waals surface area contributed by atoms with Crippen LogP contribution in [0.2, 0.25) is 0 Å². The van der Waals surface area contributed by atoms with E-state index in [4.69, 9.17) is 9.40 Å². The van der Waals surface area contributed by atoms with Gasteiger partial charge in [-0.05, 0) is 38.4 Å². The number of oxazole rings is 1. The summed E-state index contributed by atoms with van der Waals surface area (Å²) in [6, 6.07) is 13.0. The number of nitrogens with zero attached hydrogens (tertiary/aromatic N) is 6. The van der Waals surface area contributed by atoms with Crippen molar-refractivity contribution in [3.8, 4) is 0 Å². The van der Waals surface area contributed by atoms with Crippen molar-refractivity contribution in [2.24, 2.45) is 0 Å². The summed E-state index contributed by atoms with van der Waals surface area (Å²) < 4.78 is 22.1. The summed E-state index contributed by atoms with van der Waals surface area (Å²) in [5, 5.41) is 6.61. The Balaban J connectivity index is 1.17. The summed E-state index contributed by atoms with van der Waals surface area (Å²) in [6.45, 7) is 3.60. The molecule has 5 rings (SSSR count). The lowest BCUT2D eigenvalue weighted by Crippen LogP contribution is -2.23. The molecule has 0 bridgehead atoms. The van der Waals surface area contributed by atoms with Crippen molar-refractivity contribution in [1.82, 2.24) is 34.7 Å². The van der Waals surface area contributed by atoms with Crippen molar-refractivity contribution in [2.75, 3.05) is 39.0 Å². The Kier molecular flexibility index (Phi) is 7.67. The first-order chi connectivity index (χ1) is 18.1. The van der Waals surface area contributed by atoms with Crippen molar-refractivity contribution in [3.63, 3.8) is 0 Å². The molecule has 0 aliphatic rings. The second-order valence-electron chi connectivity index (χ2n) is 9.12. The Bertz CT molecular complexity index is 1480. The average molecular weight is 503 g/mol. The first kappa shape index (κ1) is 24.8. The van der Waals surface area contributed by atoms with Gasteiger partial charge < -0.3 is 24.5 Å². The molecule has 0 spiro atoms. The molecule has 0 aliphatic heterocycles. The van der Waals surface area contributed by atoms with Crippen molar-refractivity contribution in [3.05, 3.63) is 78.1 Å². The van der Waals surface area contributed by atoms with Gasteiger partial charge in [0.05, 0.1) is 23.3 Å². The van der Waals surface area contributed by atoms with Crippen LogP contribution in [0.5, 0.6) is 0 Å². The van der Waals surface area contributed by atoms with Gasteiger partial charge in [0.1, 0.15) is 11.6 Å². The molecule has 9 nitrogen and oxygen atoms in total. The number of para-hydroxylation sites is 2. The van der Waals surface area contributed by atoms with Crippen LogP contribution < -0.4 is 10.6 Å². The fourth-order valence-electron chi connectivity index (χ4n) is 4.24. The predicted octanol–water partition coefficient (Wildman–Crippen LogP) is 3.66. The number of hydrogen-bond donors (Lipinski definition) is 2. The average Bonchev–Trinajstić information content (AvgIpc) is 3.47. The Morgan fingerprint density at radius 1 is 0.973 bits per heavy atom. The maximum Gasteiger partial charge on any atom is 0.196 e. The first-order valence-corrected chi connectivity index (χ1v) is 12.5. The molecule has 2 N–H and O–H groups in total. The number of fused-ring (bicyclic) bond motifs is 2. The highest BCUT2D eigenvalue weighted by Gasteiger charge is 2.13. The highest BCUT2D eigenvalue weighted by Crippen LogP contribution is 2.22. The van der Waals surface area contributed by atoms with Gasteiger partial charge in [-0.15, -0.1) is 0 Å². The van der Waals surface area contributed by atoms with E-state index in [0.717, 1.165) is 43.9 Å². The number of nitrogens with one attached hydrogen (secondary N) is 2. The van der Waals surface area contributed by atoms with E-state index in [2.05, 4.69) is 67.3 Å². The Morgan fingerprint density at radius 2 is 1.84 bits per heavy atom. The molecule has 0 radical (unpaired) electrons. The van der Waals surface area contributed by atoms with Gasteiger partial charge in [-0.25, -0.2) is 19.3 Å². The van der Waals surface area contributed by atoms with Gasteiger partial charge in [-0.3, -0.25) is 4.98 Å². The van der Waals surface area contributed by atoms with Crippen molar-refractivity contribution in [2.45, 2.75) is 25.9 Å². The van der Waals surface area contributed by atoms with Crippen LogP contribution in [-0.4, -0.2) is 63.1 Å². The van der Waals surface area contributed by atoms with Gasteiger partial charge in [0.15, 0.2) is 22.8 Å². The molecule has 37 heavy (non-hydrogen) atoms. The number of aromatic nitrogens is 5. The van der Waals surface area contributed by atoms with E-state index in [0.29, 0.717) is 34.9 Å². The SMILES string of the molecule is CN(C)CCn1c(CCNCCc2nc3c(NCc4ncccc4F)nccc3o2)nc2ccccc21. The number of anilines is 1. The predicted molar refractivity (Wildman–Crippen MR) is 142 cm³/mol. The molecule has 192 valence electrons. The van der Waals surface area contributed by atoms with E-state index in [-0.39, 0.29) is 12.4 Å². The fourth-order valence-corrected chi connectivity index (χ4v) is 4.24. The van der Waals surface area contributed by atoms with Gasteiger partial charge in [0.25, 0.3) is 0 Å². The maximum atomic E-state index is 13.9. The molecular formula is C27H31FN8O. The molecule has 4 aromatic heterocycles. The maximum absolute atomic E-state index is 13.9.